The van der Waals surface area contributed by atoms with Crippen molar-refractivity contribution in [3.8, 4) is 34.5 Å². The van der Waals surface area contributed by atoms with E-state index in [2.05, 4.69) is 84.4 Å². The monoisotopic (exact) mass is 2050 g/mol. The number of halogens is 26. The van der Waals surface area contributed by atoms with E-state index in [1.807, 2.05) is 69.2 Å². The first-order valence-corrected chi connectivity index (χ1v) is 38.6. The highest BCUT2D eigenvalue weighted by molar-refractivity contribution is 9.28. The lowest BCUT2D eigenvalue weighted by Crippen LogP contribution is -2.41. The molecule has 9 aromatic rings. The molecule has 12 rings (SSSR count). The van der Waals surface area contributed by atoms with Crippen LogP contribution in [0.15, 0.2) is 172 Å². The summed E-state index contributed by atoms with van der Waals surface area (Å²) in [4.78, 5) is 0. The van der Waals surface area contributed by atoms with Gasteiger partial charge in [0.15, 0.2) is 22.5 Å². The molecule has 1 atom stereocenters. The number of phenols is 4. The summed E-state index contributed by atoms with van der Waals surface area (Å²) in [7, 11) is 0.0132. The topological polar surface area (TPSA) is 181 Å². The number of furan rings is 2. The molecule has 0 bridgehead atoms. The Bertz CT molecular complexity index is 4780. The second-order valence-electron chi connectivity index (χ2n) is 27.8. The molecule has 3 fully saturated rings. The Kier molecular flexibility index (Phi) is 36.1. The lowest BCUT2D eigenvalue weighted by atomic mass is 9.86. The zero-order chi connectivity index (χ0) is 91.1. The Hall–Kier alpha value is -7.28. The molecule has 120 heavy (non-hydrogen) atoms. The van der Waals surface area contributed by atoms with Crippen molar-refractivity contribution in [2.75, 3.05) is 13.7 Å². The van der Waals surface area contributed by atoms with Crippen LogP contribution in [-0.2, 0) is 71.2 Å². The van der Waals surface area contributed by atoms with E-state index in [1.54, 1.807) is 12.1 Å². The molecule has 2 aromatic heterocycles. The summed E-state index contributed by atoms with van der Waals surface area (Å²) >= 11 is 15.2. The molecule has 3 saturated heterocycles. The van der Waals surface area contributed by atoms with Crippen molar-refractivity contribution < 1.29 is 159 Å². The summed E-state index contributed by atoms with van der Waals surface area (Å²) in [6, 6.07) is 27.0. The molecule has 0 saturated carbocycles. The highest BCUT2D eigenvalue weighted by atomic mass is 79.9. The van der Waals surface area contributed by atoms with E-state index in [0.29, 0.717) is 69.9 Å². The van der Waals surface area contributed by atoms with Gasteiger partial charge in [0.05, 0.1) is 81.8 Å². The molecule has 0 spiro atoms. The molecule has 5 heterocycles. The fraction of sp³-hybridized carbons (Fsp3) is 0.359. The summed E-state index contributed by atoms with van der Waals surface area (Å²) in [6.45, 7) is 20.2. The van der Waals surface area contributed by atoms with Gasteiger partial charge >= 0.3 is 57.7 Å². The number of rotatable bonds is 8. The van der Waals surface area contributed by atoms with E-state index >= 15 is 0 Å². The SMILES string of the molecule is CC(C)OB1OC(C)(C)C(C)(C)O1.CC1(C)OB(c2cc3ccc(C(F)(F)F)cc3o2)OC1(C)C.COc1ccc(C(F)(F)F)cc1O.FC(F)(F)c1ccc2cc(Br)oc2c1.FC(F)(F)c1cccc(OC2CCCCO2)c1.Oc1cc(C(F)(F)F)ccc1C=C(Br)Br.Oc1cc(C(F)(F)F)ccc1C=C(Br)Br.Oc1cccc(C(F)(F)F)c1. The number of fused-ring (bicyclic) bond motifs is 2. The van der Waals surface area contributed by atoms with Crippen LogP contribution in [0.4, 0.5) is 92.2 Å². The van der Waals surface area contributed by atoms with Crippen LogP contribution in [0.3, 0.4) is 0 Å². The second-order valence-corrected chi connectivity index (χ2v) is 34.1. The van der Waals surface area contributed by atoms with Crippen molar-refractivity contribution in [3.05, 3.63) is 213 Å². The highest BCUT2D eigenvalue weighted by Gasteiger charge is 2.54. The van der Waals surface area contributed by atoms with Gasteiger partial charge in [0.25, 0.3) is 0 Å². The average Bonchev–Trinajstić information content (AvgIpc) is 1.61. The van der Waals surface area contributed by atoms with Gasteiger partial charge in [-0.3, -0.25) is 0 Å². The average molecular weight is 2060 g/mol. The van der Waals surface area contributed by atoms with Crippen molar-refractivity contribution in [1.82, 2.24) is 0 Å². The van der Waals surface area contributed by atoms with Crippen LogP contribution in [0.2, 0.25) is 0 Å². The van der Waals surface area contributed by atoms with E-state index < -0.39 is 131 Å². The Labute approximate surface area is 716 Å². The lowest BCUT2D eigenvalue weighted by Gasteiger charge is -2.32. The molecule has 658 valence electrons. The fourth-order valence-corrected chi connectivity index (χ4v) is 11.1. The number of alkyl halides is 21. The summed E-state index contributed by atoms with van der Waals surface area (Å²) < 4.78 is 313. The predicted octanol–water partition coefficient (Wildman–Crippen LogP) is 27.4. The molecule has 14 nitrogen and oxygen atoms in total. The summed E-state index contributed by atoms with van der Waals surface area (Å²) in [5.41, 5.74) is -5.93. The first kappa shape index (κ1) is 103. The van der Waals surface area contributed by atoms with Crippen LogP contribution < -0.4 is 15.1 Å². The number of ether oxygens (including phenoxy) is 3. The number of hydrogen-bond acceptors (Lipinski definition) is 14. The first-order valence-electron chi connectivity index (χ1n) is 34.7. The van der Waals surface area contributed by atoms with Crippen molar-refractivity contribution in [3.63, 3.8) is 0 Å². The van der Waals surface area contributed by atoms with Crippen LogP contribution in [0.25, 0.3) is 34.1 Å². The van der Waals surface area contributed by atoms with Crippen LogP contribution in [0.1, 0.15) is 139 Å². The van der Waals surface area contributed by atoms with Gasteiger partial charge in [0, 0.05) is 34.4 Å². The lowest BCUT2D eigenvalue weighted by molar-refractivity contribution is -0.139. The molecule has 3 aliphatic rings. The van der Waals surface area contributed by atoms with Crippen molar-refractivity contribution in [1.29, 1.82) is 0 Å². The van der Waals surface area contributed by atoms with Gasteiger partial charge in [-0.25, -0.2) is 0 Å². The molecular formula is C78H74B2Br5F21O14. The number of phenolic OH excluding ortho intramolecular Hbond substituents is 4. The maximum atomic E-state index is 12.7. The number of benzene rings is 7. The standard InChI is InChI=1S/C15H16BF3O3.C12H13F3O2.C9H19BO3.2C9H5Br2F3O.C9H4BrF3O.C8H7F3O2.C7H5F3O/c1-13(2)14(3,4)22-16(21-13)12-7-9-5-6-10(15(17,18)19)8-11(9)20-12;13-12(14,15)9-4-3-5-10(8-9)17-11-6-1-2-7-16-11;1-7(2)11-10-12-8(3,4)9(5,6)13-10;2*10-8(11)3-5-1-2-6(4-7(5)15)9(12,13)14;10-8-3-5-1-2-6(9(11,12)13)4-7(5)14-8;1-13-7-3-2-5(4-6(7)12)8(9,10)11;8-7(9,10)5-2-1-3-6(11)4-5/h5-8H,1-4H3;3-5,8,11H,1-2,6-7H2;7H,1-6H3;2*1-4,15H;1-4H;2-4,12H,1H3;1-4,11H. The first-order chi connectivity index (χ1) is 54.8. The van der Waals surface area contributed by atoms with Crippen molar-refractivity contribution in [2.24, 2.45) is 0 Å². The molecule has 3 aliphatic heterocycles. The Morgan fingerprint density at radius 2 is 0.817 bits per heavy atom. The Balaban J connectivity index is 0.000000246. The van der Waals surface area contributed by atoms with Gasteiger partial charge in [-0.2, -0.15) is 92.2 Å². The molecular weight excluding hydrogens is 1980 g/mol. The van der Waals surface area contributed by atoms with E-state index in [-0.39, 0.29) is 45.7 Å². The van der Waals surface area contributed by atoms with Crippen LogP contribution >= 0.6 is 79.6 Å². The van der Waals surface area contributed by atoms with E-state index in [4.69, 9.17) is 51.8 Å². The maximum absolute atomic E-state index is 12.7. The normalized spacial score (nSPS) is 16.1. The minimum absolute atomic E-state index is 0.0213. The van der Waals surface area contributed by atoms with Gasteiger partial charge in [0.2, 0.25) is 0 Å². The Morgan fingerprint density at radius 1 is 0.442 bits per heavy atom. The molecule has 7 aromatic carbocycles. The van der Waals surface area contributed by atoms with Gasteiger partial charge in [-0.1, -0.05) is 36.4 Å². The molecule has 4 N–H and O–H groups in total. The smallest absolute Gasteiger partial charge is 0.508 e. The van der Waals surface area contributed by atoms with Crippen LogP contribution in [0.5, 0.6) is 34.5 Å². The summed E-state index contributed by atoms with van der Waals surface area (Å²) in [6.07, 6.45) is -25.5. The third kappa shape index (κ3) is 32.1. The predicted molar refractivity (Wildman–Crippen MR) is 424 cm³/mol. The van der Waals surface area contributed by atoms with Crippen molar-refractivity contribution in [2.45, 2.75) is 167 Å². The van der Waals surface area contributed by atoms with Crippen LogP contribution in [-0.4, -0.2) is 83.4 Å². The zero-order valence-corrected chi connectivity index (χ0v) is 72.4. The maximum Gasteiger partial charge on any atom is 0.640 e. The molecule has 42 heteroatoms. The summed E-state index contributed by atoms with van der Waals surface area (Å²) in [5, 5.41) is 37.6. The highest BCUT2D eigenvalue weighted by Crippen LogP contribution is 2.43. The minimum atomic E-state index is -4.44. The minimum Gasteiger partial charge on any atom is -0.508 e. The third-order valence-electron chi connectivity index (χ3n) is 17.3. The number of hydrogen-bond donors (Lipinski definition) is 4. The van der Waals surface area contributed by atoms with E-state index in [9.17, 15) is 102 Å². The number of methoxy groups -OCH3 is 1. The fourth-order valence-electron chi connectivity index (χ4n) is 9.71. The quantitative estimate of drug-likeness (QED) is 0.0833. The van der Waals surface area contributed by atoms with Gasteiger partial charge in [-0.05, 0) is 289 Å². The van der Waals surface area contributed by atoms with Gasteiger partial charge in [0.1, 0.15) is 39.8 Å². The summed E-state index contributed by atoms with van der Waals surface area (Å²) in [5.74, 6) is -1.50. The van der Waals surface area contributed by atoms with E-state index in [0.717, 1.165) is 92.1 Å². The Morgan fingerprint density at radius 3 is 1.19 bits per heavy atom. The molecule has 0 amide bonds. The van der Waals surface area contributed by atoms with Crippen molar-refractivity contribution >= 4 is 134 Å². The van der Waals surface area contributed by atoms with E-state index in [1.165, 1.54) is 61.7 Å². The number of aromatic hydroxyl groups is 4. The van der Waals surface area contributed by atoms with Gasteiger partial charge < -0.3 is 66.7 Å². The molecule has 1 unspecified atom stereocenters. The largest absolute Gasteiger partial charge is 0.640 e. The third-order valence-corrected chi connectivity index (χ3v) is 18.6. The second kappa shape index (κ2) is 41.9. The van der Waals surface area contributed by atoms with Gasteiger partial charge in [-0.15, -0.1) is 0 Å². The van der Waals surface area contributed by atoms with Crippen LogP contribution in [0, 0.1) is 0 Å². The molecule has 0 aliphatic carbocycles. The zero-order valence-electron chi connectivity index (χ0n) is 64.4. The molecule has 0 radical (unpaired) electrons.